The van der Waals surface area contributed by atoms with Crippen LogP contribution in [0.15, 0.2) is 10.4 Å². The summed E-state index contributed by atoms with van der Waals surface area (Å²) >= 11 is 0. The van der Waals surface area contributed by atoms with Crippen molar-refractivity contribution in [1.82, 2.24) is 0 Å². The van der Waals surface area contributed by atoms with Crippen LogP contribution in [-0.2, 0) is 9.59 Å². The Hall–Kier alpha value is -1.46. The molecule has 26 heavy (non-hydrogen) atoms. The van der Waals surface area contributed by atoms with Gasteiger partial charge < -0.3 is 0 Å². The predicted octanol–water partition coefficient (Wildman–Crippen LogP) is 5.67. The number of hydrogen-bond acceptors (Lipinski definition) is 4. The number of carbonyl (C=O) groups is 2. The van der Waals surface area contributed by atoms with Crippen LogP contribution in [0.25, 0.3) is 0 Å². The lowest BCUT2D eigenvalue weighted by molar-refractivity contribution is -0.124. The second-order valence-corrected chi connectivity index (χ2v) is 8.66. The highest BCUT2D eigenvalue weighted by Crippen LogP contribution is 2.51. The van der Waals surface area contributed by atoms with E-state index in [2.05, 4.69) is 17.3 Å². The molecule has 0 radical (unpaired) electrons. The Balaban J connectivity index is 1.44. The Morgan fingerprint density at radius 3 is 1.42 bits per heavy atom. The standard InChI is InChI=1S/C20H32N2O4/c1-16(8-4-2-6-10-19(12-13-19)17(23)21-25)9-5-3-7-11-20(14-15-20)18(24)22-26/h16H,2-15H2,1H3. The summed E-state index contributed by atoms with van der Waals surface area (Å²) < 4.78 is 0. The topological polar surface area (TPSA) is 93.0 Å². The van der Waals surface area contributed by atoms with Gasteiger partial charge in [-0.2, -0.15) is 0 Å². The smallest absolute Gasteiger partial charge is 0.268 e. The maximum Gasteiger partial charge on any atom is 0.292 e. The molecule has 0 unspecified atom stereocenters. The third-order valence-electron chi connectivity index (χ3n) is 6.48. The SMILES string of the molecule is CC(CCCCCC1(C(=O)N=O)CC1)CCCCCC1(C(=O)N=O)CC1. The molecule has 2 fully saturated rings. The monoisotopic (exact) mass is 364 g/mol. The van der Waals surface area contributed by atoms with Gasteiger partial charge in [-0.15, -0.1) is 9.81 Å². The highest BCUT2D eigenvalue weighted by atomic mass is 16.3. The molecule has 0 aliphatic heterocycles. The molecule has 0 spiro atoms. The minimum absolute atomic E-state index is 0.382. The van der Waals surface area contributed by atoms with Gasteiger partial charge in [0.25, 0.3) is 11.8 Å². The van der Waals surface area contributed by atoms with Crippen LogP contribution in [0, 0.1) is 26.6 Å². The van der Waals surface area contributed by atoms with E-state index in [1.165, 1.54) is 25.7 Å². The van der Waals surface area contributed by atoms with Gasteiger partial charge in [0.2, 0.25) is 0 Å². The second kappa shape index (κ2) is 9.47. The Bertz CT molecular complexity index is 478. The van der Waals surface area contributed by atoms with E-state index in [4.69, 9.17) is 0 Å². The normalized spacial score (nSPS) is 19.2. The van der Waals surface area contributed by atoms with Crippen LogP contribution in [0.5, 0.6) is 0 Å². The molecule has 2 saturated carbocycles. The predicted molar refractivity (Wildman–Crippen MR) is 100 cm³/mol. The quantitative estimate of drug-likeness (QED) is 0.293. The number of hydrogen-bond donors (Lipinski definition) is 0. The average molecular weight is 364 g/mol. The fourth-order valence-corrected chi connectivity index (χ4v) is 4.05. The van der Waals surface area contributed by atoms with Gasteiger partial charge in [-0.1, -0.05) is 58.3 Å². The lowest BCUT2D eigenvalue weighted by Crippen LogP contribution is -2.12. The first-order valence-corrected chi connectivity index (χ1v) is 10.2. The van der Waals surface area contributed by atoms with Gasteiger partial charge in [0.15, 0.2) is 0 Å². The molecule has 2 rings (SSSR count). The molecular weight excluding hydrogens is 332 g/mol. The van der Waals surface area contributed by atoms with Crippen LogP contribution in [0.2, 0.25) is 0 Å². The van der Waals surface area contributed by atoms with E-state index in [1.54, 1.807) is 0 Å². The molecule has 2 amide bonds. The maximum atomic E-state index is 11.4. The van der Waals surface area contributed by atoms with Crippen molar-refractivity contribution in [2.24, 2.45) is 27.1 Å². The molecule has 0 aromatic heterocycles. The Kier molecular flexibility index (Phi) is 7.59. The Labute approximate surface area is 155 Å². The molecule has 2 aliphatic rings. The number of nitroso groups, excluding NO2 is 2. The number of unbranched alkanes of at least 4 members (excludes halogenated alkanes) is 4. The van der Waals surface area contributed by atoms with E-state index in [9.17, 15) is 19.4 Å². The highest BCUT2D eigenvalue weighted by Gasteiger charge is 2.50. The first-order chi connectivity index (χ1) is 12.5. The number of amides is 2. The van der Waals surface area contributed by atoms with Gasteiger partial charge >= 0.3 is 0 Å². The molecule has 146 valence electrons. The molecular formula is C20H32N2O4. The zero-order valence-electron chi connectivity index (χ0n) is 16.0. The number of carbonyl (C=O) groups excluding carboxylic acids is 2. The fraction of sp³-hybridized carbons (Fsp3) is 0.900. The van der Waals surface area contributed by atoms with Gasteiger partial charge in [-0.3, -0.25) is 9.59 Å². The third kappa shape index (κ3) is 5.78. The Morgan fingerprint density at radius 1 is 0.731 bits per heavy atom. The maximum absolute atomic E-state index is 11.4. The van der Waals surface area contributed by atoms with Crippen molar-refractivity contribution in [3.8, 4) is 0 Å². The molecule has 0 N–H and O–H groups in total. The molecule has 0 aromatic rings. The van der Waals surface area contributed by atoms with E-state index in [-0.39, 0.29) is 10.8 Å². The molecule has 0 saturated heterocycles. The molecule has 6 nitrogen and oxygen atoms in total. The summed E-state index contributed by atoms with van der Waals surface area (Å²) in [5.41, 5.74) is -0.764. The van der Waals surface area contributed by atoms with Crippen molar-refractivity contribution in [3.63, 3.8) is 0 Å². The van der Waals surface area contributed by atoms with E-state index in [0.717, 1.165) is 64.2 Å². The first kappa shape index (κ1) is 20.8. The summed E-state index contributed by atoms with van der Waals surface area (Å²) in [7, 11) is 0. The highest BCUT2D eigenvalue weighted by molar-refractivity contribution is 5.86. The van der Waals surface area contributed by atoms with Crippen molar-refractivity contribution in [2.45, 2.75) is 96.8 Å². The van der Waals surface area contributed by atoms with Crippen molar-refractivity contribution >= 4 is 11.8 Å². The van der Waals surface area contributed by atoms with Gasteiger partial charge in [0, 0.05) is 10.4 Å². The molecule has 2 aliphatic carbocycles. The number of rotatable bonds is 14. The van der Waals surface area contributed by atoms with Crippen LogP contribution in [0.4, 0.5) is 0 Å². The van der Waals surface area contributed by atoms with Gasteiger partial charge in [0.1, 0.15) is 0 Å². The zero-order valence-corrected chi connectivity index (χ0v) is 16.0. The minimum Gasteiger partial charge on any atom is -0.268 e. The summed E-state index contributed by atoms with van der Waals surface area (Å²) in [6, 6.07) is 0. The van der Waals surface area contributed by atoms with Gasteiger partial charge in [-0.25, -0.2) is 0 Å². The molecule has 0 aromatic carbocycles. The fourth-order valence-electron chi connectivity index (χ4n) is 4.05. The van der Waals surface area contributed by atoms with Crippen LogP contribution in [0.1, 0.15) is 96.8 Å². The second-order valence-electron chi connectivity index (χ2n) is 8.66. The van der Waals surface area contributed by atoms with Crippen molar-refractivity contribution in [2.75, 3.05) is 0 Å². The van der Waals surface area contributed by atoms with Crippen LogP contribution >= 0.6 is 0 Å². The third-order valence-corrected chi connectivity index (χ3v) is 6.48. The summed E-state index contributed by atoms with van der Waals surface area (Å²) in [4.78, 5) is 43.7. The lowest BCUT2D eigenvalue weighted by atomic mass is 9.92. The van der Waals surface area contributed by atoms with Crippen LogP contribution in [0.3, 0.4) is 0 Å². The summed E-state index contributed by atoms with van der Waals surface area (Å²) in [6.45, 7) is 2.28. The van der Waals surface area contributed by atoms with E-state index in [1.807, 2.05) is 0 Å². The van der Waals surface area contributed by atoms with E-state index < -0.39 is 11.8 Å². The van der Waals surface area contributed by atoms with Gasteiger partial charge in [-0.05, 0) is 44.4 Å². The summed E-state index contributed by atoms with van der Waals surface area (Å²) in [5, 5.41) is 5.21. The van der Waals surface area contributed by atoms with Crippen molar-refractivity contribution in [1.29, 1.82) is 0 Å². The summed E-state index contributed by atoms with van der Waals surface area (Å²) in [6.07, 6.45) is 14.0. The zero-order chi connectivity index (χ0) is 19.0. The molecule has 0 heterocycles. The summed E-state index contributed by atoms with van der Waals surface area (Å²) in [5.74, 6) is -0.190. The average Bonchev–Trinajstić information content (AvgIpc) is 3.56. The van der Waals surface area contributed by atoms with Gasteiger partial charge in [0.05, 0.1) is 10.8 Å². The lowest BCUT2D eigenvalue weighted by Gasteiger charge is -2.13. The van der Waals surface area contributed by atoms with Crippen LogP contribution in [-0.4, -0.2) is 11.8 Å². The largest absolute Gasteiger partial charge is 0.292 e. The van der Waals surface area contributed by atoms with Crippen molar-refractivity contribution in [3.05, 3.63) is 9.81 Å². The first-order valence-electron chi connectivity index (χ1n) is 10.2. The molecule has 0 atom stereocenters. The van der Waals surface area contributed by atoms with Crippen LogP contribution < -0.4 is 0 Å². The molecule has 6 heteroatoms. The number of nitrogens with zero attached hydrogens (tertiary/aromatic N) is 2. The minimum atomic E-state index is -0.440. The Morgan fingerprint density at radius 2 is 1.12 bits per heavy atom. The molecule has 0 bridgehead atoms. The van der Waals surface area contributed by atoms with E-state index in [0.29, 0.717) is 5.92 Å². The van der Waals surface area contributed by atoms with Crippen molar-refractivity contribution < 1.29 is 9.59 Å². The van der Waals surface area contributed by atoms with E-state index >= 15 is 0 Å².